The van der Waals surface area contributed by atoms with Crippen LogP contribution in [0.2, 0.25) is 0 Å². The van der Waals surface area contributed by atoms with Crippen molar-refractivity contribution < 1.29 is 8.42 Å². The number of likely N-dealkylation sites (tertiary alicyclic amines) is 1. The van der Waals surface area contributed by atoms with Crippen LogP contribution in [0.25, 0.3) is 0 Å². The fourth-order valence-corrected chi connectivity index (χ4v) is 4.37. The Hall–Kier alpha value is -0.170. The first-order valence-electron chi connectivity index (χ1n) is 7.79. The monoisotopic (exact) mass is 303 g/mol. The van der Waals surface area contributed by atoms with Crippen molar-refractivity contribution in [1.82, 2.24) is 14.5 Å². The molecule has 0 aromatic heterocycles. The molecule has 2 saturated heterocycles. The van der Waals surface area contributed by atoms with Gasteiger partial charge in [-0.25, -0.2) is 12.7 Å². The summed E-state index contributed by atoms with van der Waals surface area (Å²) in [5.74, 6) is 1.23. The molecule has 0 aliphatic carbocycles. The molecular formula is C14H29N3O2S. The molecule has 0 saturated carbocycles. The lowest BCUT2D eigenvalue weighted by Gasteiger charge is -2.33. The number of nitrogens with zero attached hydrogens (tertiary/aromatic N) is 2. The smallest absolute Gasteiger partial charge is 0.211 e. The van der Waals surface area contributed by atoms with Crippen molar-refractivity contribution in [3.63, 3.8) is 0 Å². The highest BCUT2D eigenvalue weighted by atomic mass is 32.2. The molecule has 5 nitrogen and oxygen atoms in total. The van der Waals surface area contributed by atoms with Gasteiger partial charge in [-0.3, -0.25) is 0 Å². The summed E-state index contributed by atoms with van der Waals surface area (Å²) in [6.45, 7) is 5.82. The van der Waals surface area contributed by atoms with Crippen molar-refractivity contribution in [2.24, 2.45) is 11.8 Å². The Kier molecular flexibility index (Phi) is 5.84. The SMILES string of the molecule is CN1CCCC(CNCC2CCCN(S(C)(=O)=O)C2)C1. The number of nitrogens with one attached hydrogen (secondary N) is 1. The lowest BCUT2D eigenvalue weighted by molar-refractivity contribution is 0.200. The molecule has 2 unspecified atom stereocenters. The molecule has 0 radical (unpaired) electrons. The summed E-state index contributed by atoms with van der Waals surface area (Å²) in [7, 11) is -0.821. The van der Waals surface area contributed by atoms with E-state index in [-0.39, 0.29) is 0 Å². The Morgan fingerprint density at radius 2 is 1.65 bits per heavy atom. The van der Waals surface area contributed by atoms with Gasteiger partial charge in [-0.15, -0.1) is 0 Å². The second kappa shape index (κ2) is 7.20. The summed E-state index contributed by atoms with van der Waals surface area (Å²) < 4.78 is 24.8. The Balaban J connectivity index is 1.68. The molecule has 2 heterocycles. The first-order valence-corrected chi connectivity index (χ1v) is 9.64. The Morgan fingerprint density at radius 3 is 2.25 bits per heavy atom. The number of rotatable bonds is 5. The molecule has 2 aliphatic heterocycles. The second-order valence-corrected chi connectivity index (χ2v) is 8.54. The highest BCUT2D eigenvalue weighted by molar-refractivity contribution is 7.88. The average molecular weight is 303 g/mol. The van der Waals surface area contributed by atoms with Gasteiger partial charge < -0.3 is 10.2 Å². The third-order valence-corrected chi connectivity index (χ3v) is 5.81. The van der Waals surface area contributed by atoms with Crippen LogP contribution < -0.4 is 5.32 Å². The summed E-state index contributed by atoms with van der Waals surface area (Å²) in [6, 6.07) is 0. The minimum atomic E-state index is -3.01. The number of piperidine rings is 2. The summed E-state index contributed by atoms with van der Waals surface area (Å²) in [4.78, 5) is 2.40. The van der Waals surface area contributed by atoms with E-state index in [0.717, 1.165) is 31.8 Å². The quantitative estimate of drug-likeness (QED) is 0.808. The number of sulfonamides is 1. The molecule has 0 amide bonds. The predicted molar refractivity (Wildman–Crippen MR) is 82.2 cm³/mol. The molecule has 2 rings (SSSR count). The molecule has 2 aliphatic rings. The van der Waals surface area contributed by atoms with Crippen LogP contribution in [0.1, 0.15) is 25.7 Å². The van der Waals surface area contributed by atoms with Crippen LogP contribution >= 0.6 is 0 Å². The van der Waals surface area contributed by atoms with Crippen LogP contribution in [-0.4, -0.2) is 70.2 Å². The molecule has 1 N–H and O–H groups in total. The van der Waals surface area contributed by atoms with Gasteiger partial charge in [-0.2, -0.15) is 0 Å². The Bertz CT molecular complexity index is 399. The van der Waals surface area contributed by atoms with Crippen molar-refractivity contribution in [1.29, 1.82) is 0 Å². The second-order valence-electron chi connectivity index (χ2n) is 6.56. The normalized spacial score (nSPS) is 30.5. The van der Waals surface area contributed by atoms with E-state index < -0.39 is 10.0 Å². The van der Waals surface area contributed by atoms with Gasteiger partial charge in [0, 0.05) is 19.6 Å². The van der Waals surface area contributed by atoms with Crippen molar-refractivity contribution in [2.45, 2.75) is 25.7 Å². The third kappa shape index (κ3) is 4.98. The summed E-state index contributed by atoms with van der Waals surface area (Å²) in [5, 5.41) is 3.57. The zero-order valence-electron chi connectivity index (χ0n) is 12.8. The van der Waals surface area contributed by atoms with Crippen molar-refractivity contribution >= 4 is 10.0 Å². The molecule has 0 spiro atoms. The third-order valence-electron chi connectivity index (χ3n) is 4.54. The standard InChI is InChI=1S/C14H29N3O2S/c1-16-7-3-5-13(11-16)9-15-10-14-6-4-8-17(12-14)20(2,18)19/h13-15H,3-12H2,1-2H3. The van der Waals surface area contributed by atoms with E-state index in [4.69, 9.17) is 0 Å². The zero-order valence-corrected chi connectivity index (χ0v) is 13.7. The topological polar surface area (TPSA) is 52.6 Å². The molecule has 6 heteroatoms. The van der Waals surface area contributed by atoms with E-state index in [1.165, 1.54) is 32.2 Å². The molecular weight excluding hydrogens is 274 g/mol. The average Bonchev–Trinajstić information content (AvgIpc) is 2.38. The molecule has 0 aromatic rings. The fraction of sp³-hybridized carbons (Fsp3) is 1.00. The van der Waals surface area contributed by atoms with Gasteiger partial charge in [-0.05, 0) is 64.2 Å². The zero-order chi connectivity index (χ0) is 14.6. The number of hydrogen-bond acceptors (Lipinski definition) is 4. The first kappa shape index (κ1) is 16.2. The van der Waals surface area contributed by atoms with Gasteiger partial charge in [0.15, 0.2) is 0 Å². The van der Waals surface area contributed by atoms with Gasteiger partial charge >= 0.3 is 0 Å². The molecule has 20 heavy (non-hydrogen) atoms. The van der Waals surface area contributed by atoms with E-state index in [2.05, 4.69) is 17.3 Å². The maximum absolute atomic E-state index is 11.6. The Morgan fingerprint density at radius 1 is 1.05 bits per heavy atom. The Labute approximate surface area is 123 Å². The summed E-state index contributed by atoms with van der Waals surface area (Å²) >= 11 is 0. The van der Waals surface area contributed by atoms with Gasteiger partial charge in [-0.1, -0.05) is 0 Å². The fourth-order valence-electron chi connectivity index (χ4n) is 3.43. The van der Waals surface area contributed by atoms with Crippen LogP contribution in [0.4, 0.5) is 0 Å². The van der Waals surface area contributed by atoms with Crippen LogP contribution in [0.5, 0.6) is 0 Å². The highest BCUT2D eigenvalue weighted by Gasteiger charge is 2.25. The summed E-state index contributed by atoms with van der Waals surface area (Å²) in [6.07, 6.45) is 6.07. The lowest BCUT2D eigenvalue weighted by atomic mass is 9.97. The van der Waals surface area contributed by atoms with Gasteiger partial charge in [0.25, 0.3) is 0 Å². The first-order chi connectivity index (χ1) is 9.45. The van der Waals surface area contributed by atoms with Gasteiger partial charge in [0.05, 0.1) is 6.26 Å². The molecule has 0 bridgehead atoms. The lowest BCUT2D eigenvalue weighted by Crippen LogP contribution is -2.44. The van der Waals surface area contributed by atoms with Crippen molar-refractivity contribution in [3.05, 3.63) is 0 Å². The molecule has 2 atom stereocenters. The summed E-state index contributed by atoms with van der Waals surface area (Å²) in [5.41, 5.74) is 0. The van der Waals surface area contributed by atoms with Crippen LogP contribution in [0, 0.1) is 11.8 Å². The van der Waals surface area contributed by atoms with E-state index in [9.17, 15) is 8.42 Å². The van der Waals surface area contributed by atoms with E-state index in [0.29, 0.717) is 19.0 Å². The number of hydrogen-bond donors (Lipinski definition) is 1. The van der Waals surface area contributed by atoms with Crippen molar-refractivity contribution in [2.75, 3.05) is 52.6 Å². The van der Waals surface area contributed by atoms with Gasteiger partial charge in [0.1, 0.15) is 0 Å². The van der Waals surface area contributed by atoms with E-state index >= 15 is 0 Å². The highest BCUT2D eigenvalue weighted by Crippen LogP contribution is 2.18. The maximum Gasteiger partial charge on any atom is 0.211 e. The van der Waals surface area contributed by atoms with Crippen LogP contribution in [-0.2, 0) is 10.0 Å². The van der Waals surface area contributed by atoms with E-state index in [1.807, 2.05) is 0 Å². The van der Waals surface area contributed by atoms with E-state index in [1.54, 1.807) is 4.31 Å². The molecule has 118 valence electrons. The maximum atomic E-state index is 11.6. The predicted octanol–water partition coefficient (Wildman–Crippen LogP) is 0.589. The van der Waals surface area contributed by atoms with Crippen LogP contribution in [0.3, 0.4) is 0 Å². The minimum Gasteiger partial charge on any atom is -0.316 e. The molecule has 2 fully saturated rings. The van der Waals surface area contributed by atoms with Crippen molar-refractivity contribution in [3.8, 4) is 0 Å². The van der Waals surface area contributed by atoms with Gasteiger partial charge in [0.2, 0.25) is 10.0 Å². The largest absolute Gasteiger partial charge is 0.316 e. The minimum absolute atomic E-state index is 0.472. The molecule has 0 aromatic carbocycles. The van der Waals surface area contributed by atoms with Crippen LogP contribution in [0.15, 0.2) is 0 Å².